The molecule has 0 unspecified atom stereocenters. The molecule has 0 fully saturated rings. The van der Waals surface area contributed by atoms with E-state index in [0.717, 1.165) is 49.2 Å². The van der Waals surface area contributed by atoms with Gasteiger partial charge in [0, 0.05) is 36.8 Å². The first kappa shape index (κ1) is 32.9. The number of benzene rings is 2. The monoisotopic (exact) mass is 539 g/mol. The van der Waals surface area contributed by atoms with Gasteiger partial charge >= 0.3 is 0 Å². The molecule has 0 bridgehead atoms. The van der Waals surface area contributed by atoms with Crippen LogP contribution in [-0.2, 0) is 16.1 Å². The van der Waals surface area contributed by atoms with E-state index in [1.165, 1.54) is 24.3 Å². The molecule has 1 amide bonds. The summed E-state index contributed by atoms with van der Waals surface area (Å²) in [6, 6.07) is 12.3. The number of allylic oxidation sites excluding steroid dienone is 3. The number of nitrogens with zero attached hydrogens (tertiary/aromatic N) is 4. The zero-order valence-corrected chi connectivity index (χ0v) is 23.5. The van der Waals surface area contributed by atoms with Crippen molar-refractivity contribution in [3.63, 3.8) is 0 Å². The van der Waals surface area contributed by atoms with Gasteiger partial charge in [0.15, 0.2) is 17.5 Å². The lowest BCUT2D eigenvalue weighted by atomic mass is 10.2. The minimum atomic E-state index is -0.294. The Morgan fingerprint density at radius 2 is 1.62 bits per heavy atom. The summed E-state index contributed by atoms with van der Waals surface area (Å²) in [6.07, 6.45) is 7.25. The number of rotatable bonds is 10. The van der Waals surface area contributed by atoms with Gasteiger partial charge in [-0.3, -0.25) is 4.79 Å². The molecule has 3 rings (SSSR count). The van der Waals surface area contributed by atoms with Gasteiger partial charge < -0.3 is 10.1 Å². The summed E-state index contributed by atoms with van der Waals surface area (Å²) in [5, 5.41) is 7.05. The largest absolute Gasteiger partial charge is 0.484 e. The van der Waals surface area contributed by atoms with Gasteiger partial charge in [-0.15, -0.1) is 0 Å². The normalized spacial score (nSPS) is 10.9. The molecule has 0 saturated carbocycles. The molecule has 0 atom stereocenters. The summed E-state index contributed by atoms with van der Waals surface area (Å²) in [7, 11) is 1.60. The lowest BCUT2D eigenvalue weighted by molar-refractivity contribution is -0.109. The summed E-state index contributed by atoms with van der Waals surface area (Å²) in [4.78, 5) is 18.1. The summed E-state index contributed by atoms with van der Waals surface area (Å²) in [5.41, 5.74) is 2.46. The van der Waals surface area contributed by atoms with Gasteiger partial charge in [-0.2, -0.15) is 5.10 Å². The smallest absolute Gasteiger partial charge is 0.207 e. The van der Waals surface area contributed by atoms with Gasteiger partial charge in [0.25, 0.3) is 0 Å². The van der Waals surface area contributed by atoms with Crippen LogP contribution in [0.1, 0.15) is 47.0 Å². The number of unbranched alkanes of at least 4 members (excludes halogenated alkanes) is 1. The molecule has 3 aromatic rings. The number of carbonyl (C=O) groups excluding carboxylic acids is 1. The molecule has 0 aliphatic heterocycles. The highest BCUT2D eigenvalue weighted by molar-refractivity contribution is 5.74. The van der Waals surface area contributed by atoms with Crippen molar-refractivity contribution in [2.24, 2.45) is 4.99 Å². The summed E-state index contributed by atoms with van der Waals surface area (Å²) in [6.45, 7) is 12.9. The first-order chi connectivity index (χ1) is 18.8. The number of aryl methyl sites for hydroxylation is 1. The lowest BCUT2D eigenvalue weighted by Gasteiger charge is -2.04. The summed E-state index contributed by atoms with van der Waals surface area (Å²) < 4.78 is 32.9. The van der Waals surface area contributed by atoms with E-state index in [1.54, 1.807) is 44.4 Å². The molecule has 1 heterocycles. The van der Waals surface area contributed by atoms with Gasteiger partial charge in [-0.1, -0.05) is 32.9 Å². The topological polar surface area (TPSA) is 81.4 Å². The first-order valence-corrected chi connectivity index (χ1v) is 12.8. The number of aromatic nitrogens is 3. The van der Waals surface area contributed by atoms with E-state index in [0.29, 0.717) is 24.0 Å². The summed E-state index contributed by atoms with van der Waals surface area (Å²) in [5.74, 6) is 1.32. The van der Waals surface area contributed by atoms with Crippen LogP contribution in [0, 0.1) is 11.6 Å². The number of hydrogen-bond donors (Lipinski definition) is 1. The molecule has 0 radical (unpaired) electrons. The zero-order chi connectivity index (χ0) is 29.0. The average molecular weight is 540 g/mol. The Kier molecular flexibility index (Phi) is 16.0. The average Bonchev–Trinajstić information content (AvgIpc) is 3.36. The predicted molar refractivity (Wildman–Crippen MR) is 154 cm³/mol. The van der Waals surface area contributed by atoms with Crippen LogP contribution in [0.3, 0.4) is 0 Å². The Labute approximate surface area is 230 Å². The van der Waals surface area contributed by atoms with Crippen LogP contribution < -0.4 is 5.32 Å². The Balaban J connectivity index is 0.000000395. The van der Waals surface area contributed by atoms with Crippen LogP contribution in [0.15, 0.2) is 78.0 Å². The second kappa shape index (κ2) is 19.0. The SMILES string of the molecule is C=C/C=C(/C)N=C(C)OC.CCCCn1nc(-c2ccc(F)cc2)nc1-c1ccc(F)cc1.CCCNC=O. The third-order valence-electron chi connectivity index (χ3n) is 5.07. The maximum Gasteiger partial charge on any atom is 0.207 e. The van der Waals surface area contributed by atoms with Crippen LogP contribution in [0.25, 0.3) is 22.8 Å². The van der Waals surface area contributed by atoms with E-state index in [2.05, 4.69) is 33.9 Å². The fraction of sp³-hybridized carbons (Fsp3) is 0.333. The lowest BCUT2D eigenvalue weighted by Crippen LogP contribution is -2.10. The Bertz CT molecular complexity index is 1190. The zero-order valence-electron chi connectivity index (χ0n) is 23.5. The van der Waals surface area contributed by atoms with Crippen LogP contribution in [0.4, 0.5) is 8.78 Å². The molecule has 210 valence electrons. The van der Waals surface area contributed by atoms with E-state index < -0.39 is 0 Å². The first-order valence-electron chi connectivity index (χ1n) is 12.8. The Hall–Kier alpha value is -4.14. The van der Waals surface area contributed by atoms with E-state index in [4.69, 9.17) is 4.74 Å². The van der Waals surface area contributed by atoms with Gasteiger partial charge in [0.05, 0.1) is 7.11 Å². The molecule has 9 heteroatoms. The molecular formula is C30H39F2N5O2. The molecule has 0 aliphatic rings. The number of nitrogens with one attached hydrogen (secondary N) is 1. The number of carbonyl (C=O) groups is 1. The molecule has 0 aliphatic carbocycles. The fourth-order valence-electron chi connectivity index (χ4n) is 3.04. The number of halogens is 2. The minimum absolute atomic E-state index is 0.285. The molecule has 0 spiro atoms. The third-order valence-corrected chi connectivity index (χ3v) is 5.07. The van der Waals surface area contributed by atoms with Crippen molar-refractivity contribution in [1.29, 1.82) is 0 Å². The maximum absolute atomic E-state index is 13.1. The van der Waals surface area contributed by atoms with Crippen LogP contribution >= 0.6 is 0 Å². The second-order valence-corrected chi connectivity index (χ2v) is 8.30. The molecule has 1 aromatic heterocycles. The molecular weight excluding hydrogens is 500 g/mol. The van der Waals surface area contributed by atoms with Crippen LogP contribution in [0.2, 0.25) is 0 Å². The Morgan fingerprint density at radius 1 is 1.03 bits per heavy atom. The number of hydrogen-bond acceptors (Lipinski definition) is 5. The number of amides is 1. The highest BCUT2D eigenvalue weighted by Crippen LogP contribution is 2.23. The van der Waals surface area contributed by atoms with Crippen molar-refractivity contribution in [3.8, 4) is 22.8 Å². The van der Waals surface area contributed by atoms with Crippen LogP contribution in [0.5, 0.6) is 0 Å². The van der Waals surface area contributed by atoms with Crippen molar-refractivity contribution in [2.75, 3.05) is 13.7 Å². The van der Waals surface area contributed by atoms with E-state index in [-0.39, 0.29) is 11.6 Å². The highest BCUT2D eigenvalue weighted by Gasteiger charge is 2.13. The molecule has 39 heavy (non-hydrogen) atoms. The van der Waals surface area contributed by atoms with E-state index >= 15 is 0 Å². The minimum Gasteiger partial charge on any atom is -0.484 e. The second-order valence-electron chi connectivity index (χ2n) is 8.30. The van der Waals surface area contributed by atoms with Gasteiger partial charge in [0.1, 0.15) is 11.6 Å². The van der Waals surface area contributed by atoms with Crippen molar-refractivity contribution in [2.45, 2.75) is 53.5 Å². The van der Waals surface area contributed by atoms with E-state index in [1.807, 2.05) is 24.6 Å². The van der Waals surface area contributed by atoms with Crippen molar-refractivity contribution in [3.05, 3.63) is 84.6 Å². The van der Waals surface area contributed by atoms with Gasteiger partial charge in [-0.25, -0.2) is 23.4 Å². The van der Waals surface area contributed by atoms with E-state index in [9.17, 15) is 13.6 Å². The van der Waals surface area contributed by atoms with Crippen molar-refractivity contribution >= 4 is 12.3 Å². The fourth-order valence-corrected chi connectivity index (χ4v) is 3.04. The van der Waals surface area contributed by atoms with Gasteiger partial charge in [-0.05, 0) is 74.4 Å². The molecule has 1 N–H and O–H groups in total. The maximum atomic E-state index is 13.1. The van der Waals surface area contributed by atoms with Crippen molar-refractivity contribution in [1.82, 2.24) is 20.1 Å². The predicted octanol–water partition coefficient (Wildman–Crippen LogP) is 6.97. The van der Waals surface area contributed by atoms with Crippen LogP contribution in [-0.4, -0.2) is 40.7 Å². The number of ether oxygens (including phenoxy) is 1. The summed E-state index contributed by atoms with van der Waals surface area (Å²) >= 11 is 0. The van der Waals surface area contributed by atoms with Gasteiger partial charge in [0.2, 0.25) is 6.41 Å². The Morgan fingerprint density at radius 3 is 2.08 bits per heavy atom. The molecule has 2 aromatic carbocycles. The third kappa shape index (κ3) is 12.8. The van der Waals surface area contributed by atoms with Crippen molar-refractivity contribution < 1.29 is 18.3 Å². The standard InChI is InChI=1S/C18H17F2N3.C8H13NO.C4H9NO/c1-2-3-12-23-18(14-6-10-16(20)11-7-14)21-17(22-23)13-4-8-15(19)9-5-13;1-5-6-7(2)9-8(3)10-4;1-2-3-5-4-6/h4-11H,2-3,12H2,1H3;5-6H,1H2,2-4H3;4H,2-3H2,1H3,(H,5,6)/b;7-6-,9-8?;. The molecule has 7 nitrogen and oxygen atoms in total. The molecule has 0 saturated heterocycles. The highest BCUT2D eigenvalue weighted by atomic mass is 19.1. The number of aliphatic imine (C=N–C) groups is 1. The quantitative estimate of drug-likeness (QED) is 0.0991. The number of methoxy groups -OCH3 is 1.